The maximum atomic E-state index is 11.8. The molecular formula is C15H25N2O+. The first-order valence-corrected chi connectivity index (χ1v) is 6.92. The largest absolute Gasteiger partial charge is 0.346 e. The Labute approximate surface area is 110 Å². The summed E-state index contributed by atoms with van der Waals surface area (Å²) < 4.78 is 2.16. The SMILES string of the molecule is CCCCN(C)C(=O)CCCC[n+]1ccccc1. The fourth-order valence-electron chi connectivity index (χ4n) is 1.86. The fraction of sp³-hybridized carbons (Fsp3) is 0.600. The Kier molecular flexibility index (Phi) is 7.07. The van der Waals surface area contributed by atoms with Gasteiger partial charge in [0.05, 0.1) is 0 Å². The maximum absolute atomic E-state index is 11.8. The summed E-state index contributed by atoms with van der Waals surface area (Å²) in [5.41, 5.74) is 0. The van der Waals surface area contributed by atoms with Crippen LogP contribution in [0, 0.1) is 0 Å². The zero-order valence-corrected chi connectivity index (χ0v) is 11.6. The lowest BCUT2D eigenvalue weighted by atomic mass is 10.2. The highest BCUT2D eigenvalue weighted by Gasteiger charge is 2.08. The van der Waals surface area contributed by atoms with E-state index in [-0.39, 0.29) is 5.91 Å². The van der Waals surface area contributed by atoms with Crippen LogP contribution >= 0.6 is 0 Å². The van der Waals surface area contributed by atoms with Gasteiger partial charge in [0.25, 0.3) is 0 Å². The van der Waals surface area contributed by atoms with Crippen LogP contribution in [0.1, 0.15) is 39.0 Å². The van der Waals surface area contributed by atoms with Gasteiger partial charge in [-0.05, 0) is 12.8 Å². The minimum atomic E-state index is 0.279. The van der Waals surface area contributed by atoms with Crippen molar-refractivity contribution in [1.82, 2.24) is 4.90 Å². The number of pyridine rings is 1. The molecule has 100 valence electrons. The number of amides is 1. The lowest BCUT2D eigenvalue weighted by Crippen LogP contribution is -2.32. The van der Waals surface area contributed by atoms with E-state index in [0.717, 1.165) is 38.8 Å². The number of rotatable bonds is 8. The molecule has 0 saturated carbocycles. The van der Waals surface area contributed by atoms with Crippen LogP contribution in [0.2, 0.25) is 0 Å². The topological polar surface area (TPSA) is 24.2 Å². The number of nitrogens with zero attached hydrogens (tertiary/aromatic N) is 2. The van der Waals surface area contributed by atoms with Crippen molar-refractivity contribution in [3.8, 4) is 0 Å². The average molecular weight is 249 g/mol. The quantitative estimate of drug-likeness (QED) is 0.513. The van der Waals surface area contributed by atoms with Gasteiger partial charge in [0, 0.05) is 38.6 Å². The molecule has 0 unspecified atom stereocenters. The molecular weight excluding hydrogens is 224 g/mol. The Morgan fingerprint density at radius 2 is 1.83 bits per heavy atom. The van der Waals surface area contributed by atoms with Crippen LogP contribution < -0.4 is 4.57 Å². The summed E-state index contributed by atoms with van der Waals surface area (Å²) in [5, 5.41) is 0. The molecule has 18 heavy (non-hydrogen) atoms. The lowest BCUT2D eigenvalue weighted by Gasteiger charge is -2.16. The van der Waals surface area contributed by atoms with Gasteiger partial charge in [0.1, 0.15) is 6.54 Å². The van der Waals surface area contributed by atoms with Gasteiger partial charge in [0.15, 0.2) is 12.4 Å². The molecule has 0 N–H and O–H groups in total. The summed E-state index contributed by atoms with van der Waals surface area (Å²) in [6.07, 6.45) is 9.07. The van der Waals surface area contributed by atoms with Crippen LogP contribution in [0.4, 0.5) is 0 Å². The molecule has 1 amide bonds. The number of hydrogen-bond acceptors (Lipinski definition) is 1. The van der Waals surface area contributed by atoms with Crippen LogP contribution in [0.5, 0.6) is 0 Å². The van der Waals surface area contributed by atoms with Crippen molar-refractivity contribution < 1.29 is 9.36 Å². The molecule has 1 rings (SSSR count). The van der Waals surface area contributed by atoms with Gasteiger partial charge in [-0.3, -0.25) is 4.79 Å². The lowest BCUT2D eigenvalue weighted by molar-refractivity contribution is -0.697. The van der Waals surface area contributed by atoms with E-state index in [9.17, 15) is 4.79 Å². The molecule has 1 aromatic heterocycles. The molecule has 0 aliphatic heterocycles. The van der Waals surface area contributed by atoms with E-state index >= 15 is 0 Å². The van der Waals surface area contributed by atoms with E-state index in [1.807, 2.05) is 30.1 Å². The molecule has 0 atom stereocenters. The number of unbranched alkanes of at least 4 members (excludes halogenated alkanes) is 2. The van der Waals surface area contributed by atoms with E-state index in [1.54, 1.807) is 0 Å². The summed E-state index contributed by atoms with van der Waals surface area (Å²) in [5.74, 6) is 0.279. The zero-order valence-electron chi connectivity index (χ0n) is 11.6. The Morgan fingerprint density at radius 1 is 1.11 bits per heavy atom. The van der Waals surface area contributed by atoms with Crippen molar-refractivity contribution >= 4 is 5.91 Å². The number of carbonyl (C=O) groups excluding carboxylic acids is 1. The standard InChI is InChI=1S/C15H25N2O/c1-3-4-11-16(2)15(18)10-6-9-14-17-12-7-5-8-13-17/h5,7-8,12-13H,3-4,6,9-11,14H2,1-2H3/q+1. The molecule has 1 heterocycles. The molecule has 0 bridgehead atoms. The van der Waals surface area contributed by atoms with Crippen LogP contribution in [0.25, 0.3) is 0 Å². The number of aryl methyl sites for hydroxylation is 1. The zero-order chi connectivity index (χ0) is 13.2. The first kappa shape index (κ1) is 14.7. The summed E-state index contributed by atoms with van der Waals surface area (Å²) in [6, 6.07) is 6.08. The Hall–Kier alpha value is -1.38. The predicted octanol–water partition coefficient (Wildman–Crippen LogP) is 2.40. The monoisotopic (exact) mass is 249 g/mol. The normalized spacial score (nSPS) is 10.3. The Balaban J connectivity index is 2.12. The molecule has 3 heteroatoms. The maximum Gasteiger partial charge on any atom is 0.222 e. The van der Waals surface area contributed by atoms with Gasteiger partial charge < -0.3 is 4.90 Å². The van der Waals surface area contributed by atoms with Gasteiger partial charge in [-0.15, -0.1) is 0 Å². The third kappa shape index (κ3) is 5.80. The van der Waals surface area contributed by atoms with Crippen molar-refractivity contribution in [3.63, 3.8) is 0 Å². The minimum absolute atomic E-state index is 0.279. The second kappa shape index (κ2) is 8.67. The number of hydrogen-bond donors (Lipinski definition) is 0. The van der Waals surface area contributed by atoms with Crippen molar-refractivity contribution in [2.45, 2.75) is 45.6 Å². The van der Waals surface area contributed by atoms with Crippen molar-refractivity contribution in [3.05, 3.63) is 30.6 Å². The second-order valence-electron chi connectivity index (χ2n) is 4.74. The van der Waals surface area contributed by atoms with E-state index < -0.39 is 0 Å². The summed E-state index contributed by atoms with van der Waals surface area (Å²) >= 11 is 0. The van der Waals surface area contributed by atoms with Crippen LogP contribution in [0.15, 0.2) is 30.6 Å². The highest BCUT2D eigenvalue weighted by Crippen LogP contribution is 2.01. The number of aromatic nitrogens is 1. The van der Waals surface area contributed by atoms with Gasteiger partial charge in [-0.1, -0.05) is 19.4 Å². The molecule has 0 aliphatic rings. The van der Waals surface area contributed by atoms with Crippen molar-refractivity contribution in [2.75, 3.05) is 13.6 Å². The predicted molar refractivity (Wildman–Crippen MR) is 73.0 cm³/mol. The van der Waals surface area contributed by atoms with Crippen LogP contribution in [0.3, 0.4) is 0 Å². The van der Waals surface area contributed by atoms with Crippen LogP contribution in [-0.4, -0.2) is 24.4 Å². The number of carbonyl (C=O) groups is 1. The van der Waals surface area contributed by atoms with E-state index in [1.165, 1.54) is 0 Å². The summed E-state index contributed by atoms with van der Waals surface area (Å²) in [6.45, 7) is 4.03. The fourth-order valence-corrected chi connectivity index (χ4v) is 1.86. The second-order valence-corrected chi connectivity index (χ2v) is 4.74. The van der Waals surface area contributed by atoms with Gasteiger partial charge >= 0.3 is 0 Å². The van der Waals surface area contributed by atoms with Gasteiger partial charge in [0.2, 0.25) is 5.91 Å². The molecule has 3 nitrogen and oxygen atoms in total. The average Bonchev–Trinajstić information content (AvgIpc) is 2.41. The van der Waals surface area contributed by atoms with Crippen molar-refractivity contribution in [2.24, 2.45) is 0 Å². The molecule has 0 aromatic carbocycles. The van der Waals surface area contributed by atoms with Gasteiger partial charge in [-0.2, -0.15) is 0 Å². The first-order valence-electron chi connectivity index (χ1n) is 6.92. The Morgan fingerprint density at radius 3 is 2.50 bits per heavy atom. The van der Waals surface area contributed by atoms with Crippen molar-refractivity contribution in [1.29, 1.82) is 0 Å². The molecule has 1 aromatic rings. The molecule has 0 fully saturated rings. The van der Waals surface area contributed by atoms with Crippen LogP contribution in [-0.2, 0) is 11.3 Å². The highest BCUT2D eigenvalue weighted by atomic mass is 16.2. The minimum Gasteiger partial charge on any atom is -0.346 e. The molecule has 0 saturated heterocycles. The van der Waals surface area contributed by atoms with E-state index in [4.69, 9.17) is 0 Å². The van der Waals surface area contributed by atoms with E-state index in [2.05, 4.69) is 23.9 Å². The third-order valence-corrected chi connectivity index (χ3v) is 3.11. The third-order valence-electron chi connectivity index (χ3n) is 3.11. The summed E-state index contributed by atoms with van der Waals surface area (Å²) in [7, 11) is 1.91. The highest BCUT2D eigenvalue weighted by molar-refractivity contribution is 5.75. The molecule has 0 radical (unpaired) electrons. The van der Waals surface area contributed by atoms with Gasteiger partial charge in [-0.25, -0.2) is 4.57 Å². The Bertz CT molecular complexity index is 338. The molecule has 0 spiro atoms. The molecule has 0 aliphatic carbocycles. The first-order chi connectivity index (χ1) is 8.74. The summed E-state index contributed by atoms with van der Waals surface area (Å²) in [4.78, 5) is 13.6. The van der Waals surface area contributed by atoms with E-state index in [0.29, 0.717) is 6.42 Å². The smallest absolute Gasteiger partial charge is 0.222 e.